The number of nitrogens with zero attached hydrogens (tertiary/aromatic N) is 2. The average molecular weight is 211 g/mol. The minimum Gasteiger partial charge on any atom is -0.312 e. The summed E-state index contributed by atoms with van der Waals surface area (Å²) in [6.07, 6.45) is 0. The normalized spacial score (nSPS) is 24.0. The average Bonchev–Trinajstić information content (AvgIpc) is 2.52. The van der Waals surface area contributed by atoms with Crippen LogP contribution in [0.3, 0.4) is 0 Å². The molecule has 1 aromatic heterocycles. The Labute approximate surface area is 89.1 Å². The summed E-state index contributed by atoms with van der Waals surface area (Å²) >= 11 is 1.77. The van der Waals surface area contributed by atoms with Crippen molar-refractivity contribution in [2.24, 2.45) is 0 Å². The number of hydrogen-bond donors (Lipinski definition) is 1. The van der Waals surface area contributed by atoms with E-state index in [4.69, 9.17) is 0 Å². The Morgan fingerprint density at radius 3 is 3.21 bits per heavy atom. The first kappa shape index (κ1) is 10.1. The van der Waals surface area contributed by atoms with Crippen molar-refractivity contribution in [2.75, 3.05) is 19.6 Å². The Bertz CT molecular complexity index is 297. The molecule has 0 radical (unpaired) electrons. The molecule has 1 fully saturated rings. The van der Waals surface area contributed by atoms with Crippen molar-refractivity contribution in [3.63, 3.8) is 0 Å². The summed E-state index contributed by atoms with van der Waals surface area (Å²) in [7, 11) is 0. The van der Waals surface area contributed by atoms with Gasteiger partial charge in [-0.25, -0.2) is 4.98 Å². The third-order valence-electron chi connectivity index (χ3n) is 2.66. The number of aryl methyl sites for hydroxylation is 1. The van der Waals surface area contributed by atoms with Crippen LogP contribution in [0, 0.1) is 6.92 Å². The Morgan fingerprint density at radius 2 is 2.57 bits per heavy atom. The molecule has 0 bridgehead atoms. The van der Waals surface area contributed by atoms with Gasteiger partial charge in [0.1, 0.15) is 0 Å². The summed E-state index contributed by atoms with van der Waals surface area (Å²) < 4.78 is 0. The highest BCUT2D eigenvalue weighted by atomic mass is 32.1. The first-order valence-electron chi connectivity index (χ1n) is 5.10. The number of thiazole rings is 1. The van der Waals surface area contributed by atoms with Crippen molar-refractivity contribution in [3.05, 3.63) is 16.1 Å². The molecule has 1 aliphatic heterocycles. The minimum atomic E-state index is 0.622. The number of aromatic nitrogens is 1. The van der Waals surface area contributed by atoms with E-state index >= 15 is 0 Å². The van der Waals surface area contributed by atoms with Crippen LogP contribution >= 0.6 is 11.3 Å². The van der Waals surface area contributed by atoms with Gasteiger partial charge in [-0.15, -0.1) is 11.3 Å². The fraction of sp³-hybridized carbons (Fsp3) is 0.700. The van der Waals surface area contributed by atoms with Crippen LogP contribution < -0.4 is 5.32 Å². The maximum atomic E-state index is 4.28. The van der Waals surface area contributed by atoms with Crippen LogP contribution in [-0.4, -0.2) is 35.6 Å². The van der Waals surface area contributed by atoms with Crippen molar-refractivity contribution in [1.82, 2.24) is 15.2 Å². The topological polar surface area (TPSA) is 28.2 Å². The third kappa shape index (κ3) is 2.32. The molecule has 78 valence electrons. The molecule has 2 heterocycles. The van der Waals surface area contributed by atoms with Crippen LogP contribution in [0.1, 0.15) is 17.5 Å². The van der Waals surface area contributed by atoms with Gasteiger partial charge in [0, 0.05) is 37.1 Å². The molecule has 4 heteroatoms. The summed E-state index contributed by atoms with van der Waals surface area (Å²) in [6, 6.07) is 0.622. The lowest BCUT2D eigenvalue weighted by Gasteiger charge is -2.31. The molecule has 0 aromatic carbocycles. The fourth-order valence-corrected chi connectivity index (χ4v) is 2.66. The molecule has 1 unspecified atom stereocenters. The van der Waals surface area contributed by atoms with E-state index in [0.717, 1.165) is 26.2 Å². The van der Waals surface area contributed by atoms with E-state index in [9.17, 15) is 0 Å². The second kappa shape index (κ2) is 4.38. The van der Waals surface area contributed by atoms with E-state index in [1.807, 2.05) is 5.51 Å². The lowest BCUT2D eigenvalue weighted by atomic mass is 10.2. The molecule has 1 aliphatic rings. The van der Waals surface area contributed by atoms with E-state index < -0.39 is 0 Å². The molecule has 14 heavy (non-hydrogen) atoms. The summed E-state index contributed by atoms with van der Waals surface area (Å²) in [5.74, 6) is 0. The Hall–Kier alpha value is -0.450. The summed E-state index contributed by atoms with van der Waals surface area (Å²) in [5.41, 5.74) is 3.14. The first-order chi connectivity index (χ1) is 6.75. The van der Waals surface area contributed by atoms with Crippen LogP contribution in [0.4, 0.5) is 0 Å². The van der Waals surface area contributed by atoms with Gasteiger partial charge in [0.25, 0.3) is 0 Å². The third-order valence-corrected chi connectivity index (χ3v) is 3.58. The van der Waals surface area contributed by atoms with Gasteiger partial charge in [0.2, 0.25) is 0 Å². The Morgan fingerprint density at radius 1 is 1.71 bits per heavy atom. The van der Waals surface area contributed by atoms with Crippen LogP contribution in [0.5, 0.6) is 0 Å². The van der Waals surface area contributed by atoms with Crippen molar-refractivity contribution < 1.29 is 0 Å². The van der Waals surface area contributed by atoms with E-state index in [2.05, 4.69) is 29.0 Å². The molecule has 1 saturated heterocycles. The highest BCUT2D eigenvalue weighted by Gasteiger charge is 2.16. The zero-order valence-corrected chi connectivity index (χ0v) is 9.60. The molecular weight excluding hydrogens is 194 g/mol. The van der Waals surface area contributed by atoms with E-state index in [1.165, 1.54) is 10.6 Å². The monoisotopic (exact) mass is 211 g/mol. The zero-order valence-electron chi connectivity index (χ0n) is 8.79. The lowest BCUT2D eigenvalue weighted by molar-refractivity contribution is 0.201. The molecule has 2 rings (SSSR count). The molecule has 0 amide bonds. The van der Waals surface area contributed by atoms with Gasteiger partial charge in [-0.1, -0.05) is 0 Å². The van der Waals surface area contributed by atoms with Gasteiger partial charge in [0.05, 0.1) is 11.2 Å². The molecule has 1 atom stereocenters. The SMILES string of the molecule is Cc1ncsc1CN1CCNC(C)C1. The number of hydrogen-bond acceptors (Lipinski definition) is 4. The molecule has 3 nitrogen and oxygen atoms in total. The first-order valence-corrected chi connectivity index (χ1v) is 5.98. The van der Waals surface area contributed by atoms with Crippen molar-refractivity contribution in [1.29, 1.82) is 0 Å². The number of nitrogens with one attached hydrogen (secondary N) is 1. The largest absolute Gasteiger partial charge is 0.312 e. The minimum absolute atomic E-state index is 0.622. The molecule has 1 aromatic rings. The Kier molecular flexibility index (Phi) is 3.15. The molecule has 0 spiro atoms. The zero-order chi connectivity index (χ0) is 9.97. The Balaban J connectivity index is 1.94. The van der Waals surface area contributed by atoms with Crippen LogP contribution in [0.2, 0.25) is 0 Å². The van der Waals surface area contributed by atoms with E-state index in [-0.39, 0.29) is 0 Å². The van der Waals surface area contributed by atoms with E-state index in [0.29, 0.717) is 6.04 Å². The molecule has 0 saturated carbocycles. The molecular formula is C10H17N3S. The van der Waals surface area contributed by atoms with Crippen LogP contribution in [0.15, 0.2) is 5.51 Å². The maximum Gasteiger partial charge on any atom is 0.0798 e. The van der Waals surface area contributed by atoms with Crippen LogP contribution in [-0.2, 0) is 6.54 Å². The highest BCUT2D eigenvalue weighted by molar-refractivity contribution is 7.09. The predicted octanol–water partition coefficient (Wildman–Crippen LogP) is 1.25. The fourth-order valence-electron chi connectivity index (χ4n) is 1.84. The summed E-state index contributed by atoms with van der Waals surface area (Å²) in [6.45, 7) is 8.82. The predicted molar refractivity (Wildman–Crippen MR) is 59.6 cm³/mol. The number of piperazine rings is 1. The number of rotatable bonds is 2. The second-order valence-electron chi connectivity index (χ2n) is 3.95. The van der Waals surface area contributed by atoms with Gasteiger partial charge in [0.15, 0.2) is 0 Å². The second-order valence-corrected chi connectivity index (χ2v) is 4.89. The van der Waals surface area contributed by atoms with E-state index in [1.54, 1.807) is 11.3 Å². The summed E-state index contributed by atoms with van der Waals surface area (Å²) in [4.78, 5) is 8.19. The smallest absolute Gasteiger partial charge is 0.0798 e. The summed E-state index contributed by atoms with van der Waals surface area (Å²) in [5, 5.41) is 3.45. The lowest BCUT2D eigenvalue weighted by Crippen LogP contribution is -2.48. The van der Waals surface area contributed by atoms with Gasteiger partial charge < -0.3 is 5.32 Å². The highest BCUT2D eigenvalue weighted by Crippen LogP contribution is 2.15. The van der Waals surface area contributed by atoms with Crippen molar-refractivity contribution >= 4 is 11.3 Å². The molecule has 0 aliphatic carbocycles. The molecule has 1 N–H and O–H groups in total. The maximum absolute atomic E-state index is 4.28. The standard InChI is InChI=1S/C10H17N3S/c1-8-5-13(4-3-11-8)6-10-9(2)12-7-14-10/h7-8,11H,3-6H2,1-2H3. The van der Waals surface area contributed by atoms with Gasteiger partial charge in [-0.3, -0.25) is 4.90 Å². The van der Waals surface area contributed by atoms with Gasteiger partial charge in [-0.05, 0) is 13.8 Å². The quantitative estimate of drug-likeness (QED) is 0.798. The van der Waals surface area contributed by atoms with Gasteiger partial charge >= 0.3 is 0 Å². The van der Waals surface area contributed by atoms with Crippen molar-refractivity contribution in [3.8, 4) is 0 Å². The van der Waals surface area contributed by atoms with Crippen molar-refractivity contribution in [2.45, 2.75) is 26.4 Å². The van der Waals surface area contributed by atoms with Gasteiger partial charge in [-0.2, -0.15) is 0 Å². The van der Waals surface area contributed by atoms with Crippen LogP contribution in [0.25, 0.3) is 0 Å².